The van der Waals surface area contributed by atoms with Crippen LogP contribution in [-0.4, -0.2) is 37.5 Å². The molecule has 1 rings (SSSR count). The number of carboxylic acids is 2. The van der Waals surface area contributed by atoms with E-state index in [0.29, 0.717) is 49.7 Å². The normalized spacial score (nSPS) is 11.5. The fraction of sp³-hybridized carbons (Fsp3) is 0.619. The average molecular weight is 396 g/mol. The van der Waals surface area contributed by atoms with Crippen molar-refractivity contribution < 1.29 is 35.1 Å². The van der Waals surface area contributed by atoms with Gasteiger partial charge in [0.2, 0.25) is 0 Å². The molecule has 0 amide bonds. The van der Waals surface area contributed by atoms with Crippen LogP contribution in [0.4, 0.5) is 0 Å². The monoisotopic (exact) mass is 396 g/mol. The lowest BCUT2D eigenvalue weighted by Crippen LogP contribution is -2.23. The predicted octanol–water partition coefficient (Wildman–Crippen LogP) is 4.20. The summed E-state index contributed by atoms with van der Waals surface area (Å²) in [6, 6.07) is 1.13. The largest absolute Gasteiger partial charge is 0.508 e. The molecule has 0 unspecified atom stereocenters. The number of aromatic hydroxyl groups is 3. The van der Waals surface area contributed by atoms with E-state index in [4.69, 9.17) is 10.2 Å². The van der Waals surface area contributed by atoms with Gasteiger partial charge in [-0.25, -0.2) is 0 Å². The molecule has 7 nitrogen and oxygen atoms in total. The summed E-state index contributed by atoms with van der Waals surface area (Å²) in [6.45, 7) is 3.34. The standard InChI is InChI=1S/C21H32O7/c1-21(2,20(27)28)12-8-7-10-15-14(16(22)13-17(23)19(15)26)9-5-3-4-6-11-18(24)25/h13,22-23,26H,3-12H2,1-2H3,(H,24,25)(H,27,28). The van der Waals surface area contributed by atoms with Crippen molar-refractivity contribution in [1.29, 1.82) is 0 Å². The first-order valence-corrected chi connectivity index (χ1v) is 9.77. The summed E-state index contributed by atoms with van der Waals surface area (Å²) in [6.07, 6.45) is 5.77. The Kier molecular flexibility index (Phi) is 9.09. The van der Waals surface area contributed by atoms with Gasteiger partial charge in [-0.2, -0.15) is 0 Å². The van der Waals surface area contributed by atoms with Gasteiger partial charge in [0, 0.05) is 23.6 Å². The Morgan fingerprint density at radius 3 is 2.00 bits per heavy atom. The molecule has 0 atom stereocenters. The number of hydrogen-bond acceptors (Lipinski definition) is 5. The van der Waals surface area contributed by atoms with E-state index in [0.717, 1.165) is 25.3 Å². The zero-order valence-electron chi connectivity index (χ0n) is 16.7. The third-order valence-corrected chi connectivity index (χ3v) is 5.10. The fourth-order valence-corrected chi connectivity index (χ4v) is 3.19. The average Bonchev–Trinajstić information content (AvgIpc) is 2.60. The summed E-state index contributed by atoms with van der Waals surface area (Å²) in [7, 11) is 0. The van der Waals surface area contributed by atoms with Crippen LogP contribution in [0.1, 0.15) is 76.3 Å². The number of phenolic OH excluding ortho intramolecular Hbond substituents is 3. The molecule has 158 valence electrons. The third-order valence-electron chi connectivity index (χ3n) is 5.10. The first-order valence-electron chi connectivity index (χ1n) is 9.77. The van der Waals surface area contributed by atoms with Crippen LogP contribution in [0, 0.1) is 5.41 Å². The number of carboxylic acid groups (broad SMARTS) is 2. The van der Waals surface area contributed by atoms with Crippen molar-refractivity contribution in [2.24, 2.45) is 5.41 Å². The fourth-order valence-electron chi connectivity index (χ4n) is 3.19. The molecule has 1 aromatic rings. The molecule has 0 saturated heterocycles. The molecular formula is C21H32O7. The third kappa shape index (κ3) is 7.29. The lowest BCUT2D eigenvalue weighted by molar-refractivity contribution is -0.147. The highest BCUT2D eigenvalue weighted by atomic mass is 16.4. The Morgan fingerprint density at radius 1 is 0.821 bits per heavy atom. The van der Waals surface area contributed by atoms with Crippen LogP contribution in [0.5, 0.6) is 17.2 Å². The van der Waals surface area contributed by atoms with E-state index in [-0.39, 0.29) is 23.7 Å². The quantitative estimate of drug-likeness (QED) is 0.191. The summed E-state index contributed by atoms with van der Waals surface area (Å²) in [5, 5.41) is 48.1. The van der Waals surface area contributed by atoms with Crippen molar-refractivity contribution in [3.63, 3.8) is 0 Å². The molecule has 0 aromatic heterocycles. The van der Waals surface area contributed by atoms with E-state index in [1.54, 1.807) is 13.8 Å². The molecule has 1 aromatic carbocycles. The van der Waals surface area contributed by atoms with Crippen LogP contribution in [0.25, 0.3) is 0 Å². The van der Waals surface area contributed by atoms with Crippen molar-refractivity contribution >= 4 is 11.9 Å². The Hall–Kier alpha value is -2.44. The number of rotatable bonds is 13. The summed E-state index contributed by atoms with van der Waals surface area (Å²) in [5.41, 5.74) is 0.268. The van der Waals surface area contributed by atoms with Crippen LogP contribution >= 0.6 is 0 Å². The van der Waals surface area contributed by atoms with E-state index < -0.39 is 17.4 Å². The second-order valence-corrected chi connectivity index (χ2v) is 7.92. The molecule has 7 heteroatoms. The molecule has 0 heterocycles. The molecular weight excluding hydrogens is 364 g/mol. The molecule has 0 fully saturated rings. The number of carbonyl (C=O) groups is 2. The highest BCUT2D eigenvalue weighted by Gasteiger charge is 2.26. The van der Waals surface area contributed by atoms with Gasteiger partial charge in [-0.15, -0.1) is 0 Å². The molecule has 28 heavy (non-hydrogen) atoms. The van der Waals surface area contributed by atoms with Crippen molar-refractivity contribution in [2.75, 3.05) is 0 Å². The Balaban J connectivity index is 2.68. The van der Waals surface area contributed by atoms with E-state index in [1.165, 1.54) is 0 Å². The smallest absolute Gasteiger partial charge is 0.309 e. The van der Waals surface area contributed by atoms with Crippen molar-refractivity contribution in [1.82, 2.24) is 0 Å². The first kappa shape index (κ1) is 23.6. The second kappa shape index (κ2) is 10.8. The second-order valence-electron chi connectivity index (χ2n) is 7.92. The number of benzene rings is 1. The molecule has 5 N–H and O–H groups in total. The lowest BCUT2D eigenvalue weighted by atomic mass is 9.86. The van der Waals surface area contributed by atoms with Gasteiger partial charge in [0.15, 0.2) is 11.5 Å². The Labute approximate surface area is 165 Å². The maximum Gasteiger partial charge on any atom is 0.309 e. The van der Waals surface area contributed by atoms with E-state index >= 15 is 0 Å². The minimum Gasteiger partial charge on any atom is -0.508 e. The van der Waals surface area contributed by atoms with Crippen LogP contribution in [0.2, 0.25) is 0 Å². The maximum absolute atomic E-state index is 11.2. The van der Waals surface area contributed by atoms with Crippen molar-refractivity contribution in [3.05, 3.63) is 17.2 Å². The molecule has 0 aliphatic rings. The van der Waals surface area contributed by atoms with Crippen LogP contribution in [0.15, 0.2) is 6.07 Å². The highest BCUT2D eigenvalue weighted by molar-refractivity contribution is 5.73. The SMILES string of the molecule is CC(C)(CCCCc1c(O)c(O)cc(O)c1CCCCCCC(=O)O)C(=O)O. The lowest BCUT2D eigenvalue weighted by Gasteiger charge is -2.19. The number of unbranched alkanes of at least 4 members (excludes halogenated alkanes) is 4. The minimum atomic E-state index is -0.853. The minimum absolute atomic E-state index is 0.0679. The first-order chi connectivity index (χ1) is 13.1. The number of phenols is 3. The van der Waals surface area contributed by atoms with Crippen LogP contribution in [-0.2, 0) is 22.4 Å². The van der Waals surface area contributed by atoms with E-state index in [9.17, 15) is 24.9 Å². The van der Waals surface area contributed by atoms with Crippen molar-refractivity contribution in [2.45, 2.75) is 78.1 Å². The summed E-state index contributed by atoms with van der Waals surface area (Å²) >= 11 is 0. The Morgan fingerprint density at radius 2 is 1.39 bits per heavy atom. The topological polar surface area (TPSA) is 135 Å². The zero-order chi connectivity index (χ0) is 21.3. The van der Waals surface area contributed by atoms with Gasteiger partial charge in [-0.1, -0.05) is 19.3 Å². The molecule has 0 spiro atoms. The summed E-state index contributed by atoms with van der Waals surface area (Å²) in [4.78, 5) is 21.7. The van der Waals surface area contributed by atoms with Gasteiger partial charge in [0.25, 0.3) is 0 Å². The molecule has 0 radical (unpaired) electrons. The number of aliphatic carboxylic acids is 2. The van der Waals surface area contributed by atoms with Crippen LogP contribution < -0.4 is 0 Å². The van der Waals surface area contributed by atoms with E-state index in [1.807, 2.05) is 0 Å². The van der Waals surface area contributed by atoms with Crippen LogP contribution in [0.3, 0.4) is 0 Å². The van der Waals surface area contributed by atoms with Gasteiger partial charge < -0.3 is 25.5 Å². The summed E-state index contributed by atoms with van der Waals surface area (Å²) in [5.74, 6) is -2.34. The van der Waals surface area contributed by atoms with Gasteiger partial charge in [0.05, 0.1) is 5.41 Å². The molecule has 0 bridgehead atoms. The van der Waals surface area contributed by atoms with Gasteiger partial charge in [-0.3, -0.25) is 9.59 Å². The summed E-state index contributed by atoms with van der Waals surface area (Å²) < 4.78 is 0. The molecule has 0 aliphatic carbocycles. The number of hydrogen-bond donors (Lipinski definition) is 5. The predicted molar refractivity (Wildman–Crippen MR) is 105 cm³/mol. The van der Waals surface area contributed by atoms with Crippen molar-refractivity contribution in [3.8, 4) is 17.2 Å². The maximum atomic E-state index is 11.2. The molecule has 0 aliphatic heterocycles. The zero-order valence-corrected chi connectivity index (χ0v) is 16.7. The highest BCUT2D eigenvalue weighted by Crippen LogP contribution is 2.39. The molecule has 0 saturated carbocycles. The Bertz CT molecular complexity index is 680. The van der Waals surface area contributed by atoms with Gasteiger partial charge >= 0.3 is 11.9 Å². The van der Waals surface area contributed by atoms with Gasteiger partial charge in [0.1, 0.15) is 5.75 Å². The van der Waals surface area contributed by atoms with E-state index in [2.05, 4.69) is 0 Å². The van der Waals surface area contributed by atoms with Gasteiger partial charge in [-0.05, 0) is 52.4 Å².